The first-order valence-corrected chi connectivity index (χ1v) is 6.94. The molecule has 0 radical (unpaired) electrons. The van der Waals surface area contributed by atoms with E-state index in [1.165, 1.54) is 0 Å². The molecule has 0 spiro atoms. The van der Waals surface area contributed by atoms with Crippen LogP contribution in [-0.4, -0.2) is 22.9 Å². The molecule has 21 heavy (non-hydrogen) atoms. The third-order valence-corrected chi connectivity index (χ3v) is 3.62. The summed E-state index contributed by atoms with van der Waals surface area (Å²) in [6.45, 7) is 0. The van der Waals surface area contributed by atoms with Crippen molar-refractivity contribution >= 4 is 23.0 Å². The molecule has 5 nitrogen and oxygen atoms in total. The molecular formula is C15H15N3O2S. The van der Waals surface area contributed by atoms with Gasteiger partial charge in [-0.3, -0.25) is 0 Å². The summed E-state index contributed by atoms with van der Waals surface area (Å²) in [5.74, 6) is 1.61. The van der Waals surface area contributed by atoms with E-state index in [2.05, 4.69) is 5.10 Å². The molecule has 2 aromatic rings. The molecule has 0 bridgehead atoms. The molecule has 1 aromatic carbocycles. The Morgan fingerprint density at radius 2 is 2.14 bits per heavy atom. The van der Waals surface area contributed by atoms with Crippen molar-refractivity contribution in [1.29, 1.82) is 0 Å². The van der Waals surface area contributed by atoms with E-state index in [1.807, 2.05) is 36.4 Å². The van der Waals surface area contributed by atoms with Gasteiger partial charge in [-0.1, -0.05) is 0 Å². The smallest absolute Gasteiger partial charge is 0.187 e. The minimum Gasteiger partial charge on any atom is -0.497 e. The number of hydrazone groups is 1. The van der Waals surface area contributed by atoms with E-state index in [0.717, 1.165) is 22.8 Å². The molecule has 108 valence electrons. The van der Waals surface area contributed by atoms with Crippen molar-refractivity contribution in [3.05, 3.63) is 54.0 Å². The molecule has 1 atom stereocenters. The van der Waals surface area contributed by atoms with E-state index >= 15 is 0 Å². The largest absolute Gasteiger partial charge is 0.497 e. The zero-order valence-corrected chi connectivity index (χ0v) is 12.3. The molecule has 0 saturated carbocycles. The van der Waals surface area contributed by atoms with Gasteiger partial charge in [0, 0.05) is 6.42 Å². The van der Waals surface area contributed by atoms with Crippen LogP contribution in [0, 0.1) is 0 Å². The minimum absolute atomic E-state index is 0.0883. The maximum absolute atomic E-state index is 5.77. The van der Waals surface area contributed by atoms with Gasteiger partial charge in [0.1, 0.15) is 17.6 Å². The quantitative estimate of drug-likeness (QED) is 0.883. The first-order valence-electron chi connectivity index (χ1n) is 6.53. The van der Waals surface area contributed by atoms with Gasteiger partial charge >= 0.3 is 0 Å². The lowest BCUT2D eigenvalue weighted by Crippen LogP contribution is -2.31. The van der Waals surface area contributed by atoms with Gasteiger partial charge < -0.3 is 14.9 Å². The van der Waals surface area contributed by atoms with Gasteiger partial charge in [0.25, 0.3) is 0 Å². The van der Waals surface area contributed by atoms with Crippen LogP contribution >= 0.6 is 12.2 Å². The minimum atomic E-state index is -0.0883. The second kappa shape index (κ2) is 5.57. The number of nitrogens with zero attached hydrogens (tertiary/aromatic N) is 2. The van der Waals surface area contributed by atoms with Crippen molar-refractivity contribution in [2.24, 2.45) is 10.8 Å². The first kappa shape index (κ1) is 13.6. The topological polar surface area (TPSA) is 64.0 Å². The van der Waals surface area contributed by atoms with E-state index in [9.17, 15) is 0 Å². The Kier molecular flexibility index (Phi) is 3.62. The van der Waals surface area contributed by atoms with Gasteiger partial charge in [0.2, 0.25) is 0 Å². The summed E-state index contributed by atoms with van der Waals surface area (Å²) in [5.41, 5.74) is 7.71. The van der Waals surface area contributed by atoms with Gasteiger partial charge in [0.15, 0.2) is 5.11 Å². The van der Waals surface area contributed by atoms with Crippen LogP contribution in [0.15, 0.2) is 52.2 Å². The highest BCUT2D eigenvalue weighted by Gasteiger charge is 2.32. The Hall–Kier alpha value is -2.34. The Morgan fingerprint density at radius 1 is 1.38 bits per heavy atom. The molecule has 2 N–H and O–H groups in total. The maximum Gasteiger partial charge on any atom is 0.187 e. The SMILES string of the molecule is COc1ccc(C2=NN(C(N)=S)[C@@H](c3ccco3)C2)cc1. The molecule has 3 rings (SSSR count). The third-order valence-electron chi connectivity index (χ3n) is 3.43. The van der Waals surface area contributed by atoms with Crippen LogP contribution in [-0.2, 0) is 0 Å². The fraction of sp³-hybridized carbons (Fsp3) is 0.200. The van der Waals surface area contributed by atoms with Crippen molar-refractivity contribution in [3.8, 4) is 5.75 Å². The number of thiocarbonyl (C=S) groups is 1. The van der Waals surface area contributed by atoms with E-state index < -0.39 is 0 Å². The summed E-state index contributed by atoms with van der Waals surface area (Å²) in [7, 11) is 1.64. The average molecular weight is 301 g/mol. The molecule has 1 aliphatic heterocycles. The molecule has 0 saturated heterocycles. The van der Waals surface area contributed by atoms with Gasteiger partial charge in [-0.05, 0) is 54.2 Å². The van der Waals surface area contributed by atoms with Gasteiger partial charge in [-0.15, -0.1) is 0 Å². The third kappa shape index (κ3) is 2.62. The molecular weight excluding hydrogens is 286 g/mol. The van der Waals surface area contributed by atoms with Crippen LogP contribution in [0.2, 0.25) is 0 Å². The molecule has 0 amide bonds. The zero-order valence-electron chi connectivity index (χ0n) is 11.5. The highest BCUT2D eigenvalue weighted by Crippen LogP contribution is 2.32. The summed E-state index contributed by atoms with van der Waals surface area (Å²) < 4.78 is 10.6. The summed E-state index contributed by atoms with van der Waals surface area (Å²) >= 11 is 5.08. The van der Waals surface area contributed by atoms with Gasteiger partial charge in [0.05, 0.1) is 19.1 Å². The van der Waals surface area contributed by atoms with E-state index in [0.29, 0.717) is 6.42 Å². The standard InChI is InChI=1S/C15H15N3O2S/c1-19-11-6-4-10(5-7-11)12-9-13(14-3-2-8-20-14)18(17-12)15(16)21/h2-8,13H,9H2,1H3,(H2,16,21)/t13-/m1/s1. The lowest BCUT2D eigenvalue weighted by molar-refractivity contribution is 0.316. The van der Waals surface area contributed by atoms with Crippen LogP contribution in [0.1, 0.15) is 23.8 Å². The number of hydrogen-bond acceptors (Lipinski definition) is 4. The Bertz CT molecular complexity index is 665. The van der Waals surface area contributed by atoms with Crippen molar-refractivity contribution in [2.45, 2.75) is 12.5 Å². The van der Waals surface area contributed by atoms with Crippen LogP contribution in [0.3, 0.4) is 0 Å². The van der Waals surface area contributed by atoms with Crippen molar-refractivity contribution in [1.82, 2.24) is 5.01 Å². The second-order valence-corrected chi connectivity index (χ2v) is 5.11. The summed E-state index contributed by atoms with van der Waals surface area (Å²) in [4.78, 5) is 0. The lowest BCUT2D eigenvalue weighted by Gasteiger charge is -2.19. The predicted octanol–water partition coefficient (Wildman–Crippen LogP) is 2.68. The number of nitrogens with two attached hydrogens (primary N) is 1. The fourth-order valence-electron chi connectivity index (χ4n) is 2.37. The summed E-state index contributed by atoms with van der Waals surface area (Å²) in [6.07, 6.45) is 2.33. The van der Waals surface area contributed by atoms with E-state index in [-0.39, 0.29) is 11.2 Å². The molecule has 1 aliphatic rings. The van der Waals surface area contributed by atoms with E-state index in [4.69, 9.17) is 27.1 Å². The number of rotatable bonds is 3. The average Bonchev–Trinajstić information content (AvgIpc) is 3.16. The Morgan fingerprint density at radius 3 is 2.71 bits per heavy atom. The summed E-state index contributed by atoms with van der Waals surface area (Å²) in [5, 5.41) is 6.40. The van der Waals surface area contributed by atoms with Crippen LogP contribution < -0.4 is 10.5 Å². The Labute approximate surface area is 128 Å². The van der Waals surface area contributed by atoms with Crippen molar-refractivity contribution in [2.75, 3.05) is 7.11 Å². The summed E-state index contributed by atoms with van der Waals surface area (Å²) in [6, 6.07) is 11.4. The number of ether oxygens (including phenoxy) is 1. The lowest BCUT2D eigenvalue weighted by atomic mass is 10.0. The maximum atomic E-state index is 5.77. The molecule has 0 aliphatic carbocycles. The van der Waals surface area contributed by atoms with E-state index in [1.54, 1.807) is 18.4 Å². The Balaban J connectivity index is 1.89. The molecule has 0 unspecified atom stereocenters. The molecule has 1 aromatic heterocycles. The molecule has 0 fully saturated rings. The zero-order chi connectivity index (χ0) is 14.8. The predicted molar refractivity (Wildman–Crippen MR) is 84.2 cm³/mol. The normalized spacial score (nSPS) is 17.7. The van der Waals surface area contributed by atoms with Crippen molar-refractivity contribution < 1.29 is 9.15 Å². The molecule has 6 heteroatoms. The second-order valence-electron chi connectivity index (χ2n) is 4.69. The monoisotopic (exact) mass is 301 g/mol. The fourth-order valence-corrected chi connectivity index (χ4v) is 2.54. The number of benzene rings is 1. The highest BCUT2D eigenvalue weighted by molar-refractivity contribution is 7.80. The van der Waals surface area contributed by atoms with Gasteiger partial charge in [-0.25, -0.2) is 5.01 Å². The van der Waals surface area contributed by atoms with Crippen LogP contribution in [0.4, 0.5) is 0 Å². The van der Waals surface area contributed by atoms with Gasteiger partial charge in [-0.2, -0.15) is 5.10 Å². The highest BCUT2D eigenvalue weighted by atomic mass is 32.1. The number of hydrogen-bond donors (Lipinski definition) is 1. The van der Waals surface area contributed by atoms with Crippen LogP contribution in [0.5, 0.6) is 5.75 Å². The number of methoxy groups -OCH3 is 1. The molecule has 2 heterocycles. The first-order chi connectivity index (χ1) is 10.2. The van der Waals surface area contributed by atoms with Crippen molar-refractivity contribution in [3.63, 3.8) is 0 Å². The number of furan rings is 1. The van der Waals surface area contributed by atoms with Crippen LogP contribution in [0.25, 0.3) is 0 Å².